The number of rotatable bonds is 7. The molecule has 5 rings (SSSR count). The van der Waals surface area contributed by atoms with E-state index in [4.69, 9.17) is 14.2 Å². The first-order chi connectivity index (χ1) is 17.1. The van der Waals surface area contributed by atoms with E-state index >= 15 is 0 Å². The lowest BCUT2D eigenvalue weighted by atomic mass is 10.1. The summed E-state index contributed by atoms with van der Waals surface area (Å²) in [6, 6.07) is 19.8. The van der Waals surface area contributed by atoms with Crippen LogP contribution in [0.25, 0.3) is 17.0 Å². The molecule has 0 atom stereocenters. The number of ether oxygens (including phenoxy) is 3. The zero-order valence-corrected chi connectivity index (χ0v) is 19.0. The van der Waals surface area contributed by atoms with Gasteiger partial charge in [0.25, 0.3) is 11.8 Å². The Hall–Kier alpha value is -4.72. The predicted octanol–water partition coefficient (Wildman–Crippen LogP) is 3.99. The van der Waals surface area contributed by atoms with Gasteiger partial charge in [0.2, 0.25) is 6.79 Å². The molecule has 0 spiro atoms. The van der Waals surface area contributed by atoms with Crippen LogP contribution in [0.2, 0.25) is 0 Å². The summed E-state index contributed by atoms with van der Waals surface area (Å²) in [5.74, 6) is 1.19. The number of amides is 2. The molecule has 0 fully saturated rings. The first-order valence-electron chi connectivity index (χ1n) is 11.0. The minimum Gasteiger partial charge on any atom is -0.497 e. The first kappa shape index (κ1) is 22.1. The molecule has 4 aromatic rings. The molecule has 0 radical (unpaired) electrons. The van der Waals surface area contributed by atoms with Crippen molar-refractivity contribution in [2.45, 2.75) is 6.54 Å². The standard InChI is InChI=1S/C27H23N3O5/c1-33-20-8-9-22-21(13-20)19(15-28-22)12-23(30-26(31)18-5-3-2-4-6-18)27(32)29-14-17-7-10-24-25(11-17)35-16-34-24/h2-13,15,28H,14,16H2,1H3,(H,29,32)(H,30,31)/b23-12+. The van der Waals surface area contributed by atoms with Crippen LogP contribution in [0.4, 0.5) is 0 Å². The van der Waals surface area contributed by atoms with Crippen molar-refractivity contribution in [3.8, 4) is 17.2 Å². The summed E-state index contributed by atoms with van der Waals surface area (Å²) in [7, 11) is 1.60. The Morgan fingerprint density at radius 1 is 1.03 bits per heavy atom. The average molecular weight is 469 g/mol. The molecule has 1 aromatic heterocycles. The van der Waals surface area contributed by atoms with Crippen molar-refractivity contribution in [3.63, 3.8) is 0 Å². The average Bonchev–Trinajstić information content (AvgIpc) is 3.53. The fourth-order valence-electron chi connectivity index (χ4n) is 3.79. The van der Waals surface area contributed by atoms with Crippen LogP contribution < -0.4 is 24.8 Å². The maximum Gasteiger partial charge on any atom is 0.268 e. The quantitative estimate of drug-likeness (QED) is 0.355. The van der Waals surface area contributed by atoms with E-state index in [0.717, 1.165) is 22.0 Å². The topological polar surface area (TPSA) is 102 Å². The van der Waals surface area contributed by atoms with Crippen LogP contribution in [0, 0.1) is 0 Å². The van der Waals surface area contributed by atoms with Crippen LogP contribution >= 0.6 is 0 Å². The van der Waals surface area contributed by atoms with Gasteiger partial charge in [-0.3, -0.25) is 9.59 Å². The van der Waals surface area contributed by atoms with Gasteiger partial charge >= 0.3 is 0 Å². The number of H-pyrrole nitrogens is 1. The number of aromatic nitrogens is 1. The molecule has 35 heavy (non-hydrogen) atoms. The van der Waals surface area contributed by atoms with E-state index in [1.165, 1.54) is 0 Å². The van der Waals surface area contributed by atoms with E-state index in [9.17, 15) is 9.59 Å². The SMILES string of the molecule is COc1ccc2[nH]cc(/C=C(/NC(=O)c3ccccc3)C(=O)NCc3ccc4c(c3)OCO4)c2c1. The first-order valence-corrected chi connectivity index (χ1v) is 11.0. The van der Waals surface area contributed by atoms with Crippen molar-refractivity contribution in [1.29, 1.82) is 0 Å². The van der Waals surface area contributed by atoms with E-state index in [2.05, 4.69) is 15.6 Å². The number of fused-ring (bicyclic) bond motifs is 2. The lowest BCUT2D eigenvalue weighted by Crippen LogP contribution is -2.34. The molecule has 3 N–H and O–H groups in total. The number of hydrogen-bond donors (Lipinski definition) is 3. The number of methoxy groups -OCH3 is 1. The highest BCUT2D eigenvalue weighted by molar-refractivity contribution is 6.06. The van der Waals surface area contributed by atoms with E-state index < -0.39 is 5.91 Å². The molecule has 2 amide bonds. The second kappa shape index (κ2) is 9.64. The van der Waals surface area contributed by atoms with Crippen molar-refractivity contribution < 1.29 is 23.8 Å². The number of nitrogens with one attached hydrogen (secondary N) is 3. The summed E-state index contributed by atoms with van der Waals surface area (Å²) >= 11 is 0. The molecule has 8 nitrogen and oxygen atoms in total. The molecule has 1 aliphatic rings. The van der Waals surface area contributed by atoms with Crippen LogP contribution in [0.5, 0.6) is 17.2 Å². The van der Waals surface area contributed by atoms with Crippen LogP contribution in [0.3, 0.4) is 0 Å². The molecule has 1 aliphatic heterocycles. The second-order valence-corrected chi connectivity index (χ2v) is 7.90. The normalized spacial score (nSPS) is 12.4. The molecule has 176 valence electrons. The lowest BCUT2D eigenvalue weighted by molar-refractivity contribution is -0.117. The summed E-state index contributed by atoms with van der Waals surface area (Å²) in [5.41, 5.74) is 3.02. The van der Waals surface area contributed by atoms with Gasteiger partial charge in [0.15, 0.2) is 11.5 Å². The summed E-state index contributed by atoms with van der Waals surface area (Å²) < 4.78 is 16.1. The van der Waals surface area contributed by atoms with Crippen molar-refractivity contribution in [1.82, 2.24) is 15.6 Å². The number of benzene rings is 3. The van der Waals surface area contributed by atoms with Crippen LogP contribution in [0.15, 0.2) is 78.6 Å². The molecule has 0 saturated carbocycles. The molecule has 0 unspecified atom stereocenters. The van der Waals surface area contributed by atoms with Gasteiger partial charge in [-0.25, -0.2) is 0 Å². The number of hydrogen-bond acceptors (Lipinski definition) is 5. The van der Waals surface area contributed by atoms with E-state index in [-0.39, 0.29) is 24.9 Å². The van der Waals surface area contributed by atoms with Gasteiger partial charge in [-0.15, -0.1) is 0 Å². The van der Waals surface area contributed by atoms with Crippen molar-refractivity contribution >= 4 is 28.8 Å². The van der Waals surface area contributed by atoms with Crippen molar-refractivity contribution in [3.05, 3.63) is 95.3 Å². The van der Waals surface area contributed by atoms with Crippen molar-refractivity contribution in [2.75, 3.05) is 13.9 Å². The van der Waals surface area contributed by atoms with Gasteiger partial charge in [0.1, 0.15) is 11.4 Å². The molecule has 8 heteroatoms. The van der Waals surface area contributed by atoms with Gasteiger partial charge in [-0.1, -0.05) is 24.3 Å². The third-order valence-electron chi connectivity index (χ3n) is 5.64. The monoisotopic (exact) mass is 469 g/mol. The summed E-state index contributed by atoms with van der Waals surface area (Å²) in [6.45, 7) is 0.425. The highest BCUT2D eigenvalue weighted by atomic mass is 16.7. The van der Waals surface area contributed by atoms with E-state index in [1.807, 2.05) is 36.4 Å². The van der Waals surface area contributed by atoms with Crippen LogP contribution in [-0.2, 0) is 11.3 Å². The number of carbonyl (C=O) groups is 2. The van der Waals surface area contributed by atoms with E-state index in [1.54, 1.807) is 49.7 Å². The van der Waals surface area contributed by atoms with Crippen LogP contribution in [-0.4, -0.2) is 30.7 Å². The third-order valence-corrected chi connectivity index (χ3v) is 5.64. The van der Waals surface area contributed by atoms with Gasteiger partial charge < -0.3 is 29.8 Å². The Morgan fingerprint density at radius 2 is 1.86 bits per heavy atom. The molecule has 0 saturated heterocycles. The summed E-state index contributed by atoms with van der Waals surface area (Å²) in [4.78, 5) is 29.3. The summed E-state index contributed by atoms with van der Waals surface area (Å²) in [6.07, 6.45) is 3.43. The van der Waals surface area contributed by atoms with Crippen LogP contribution in [0.1, 0.15) is 21.5 Å². The zero-order valence-electron chi connectivity index (χ0n) is 19.0. The smallest absolute Gasteiger partial charge is 0.268 e. The Labute approximate surface area is 201 Å². The van der Waals surface area contributed by atoms with Gasteiger partial charge in [-0.2, -0.15) is 0 Å². The maximum absolute atomic E-state index is 13.2. The third kappa shape index (κ3) is 4.81. The minimum atomic E-state index is -0.427. The molecule has 2 heterocycles. The number of carbonyl (C=O) groups excluding carboxylic acids is 2. The van der Waals surface area contributed by atoms with Gasteiger partial charge in [0.05, 0.1) is 7.11 Å². The largest absolute Gasteiger partial charge is 0.497 e. The Morgan fingerprint density at radius 3 is 2.69 bits per heavy atom. The minimum absolute atomic E-state index is 0.114. The highest BCUT2D eigenvalue weighted by Gasteiger charge is 2.17. The van der Waals surface area contributed by atoms with Gasteiger partial charge in [0, 0.05) is 34.8 Å². The molecular formula is C27H23N3O5. The molecule has 0 aliphatic carbocycles. The number of aromatic amines is 1. The predicted molar refractivity (Wildman–Crippen MR) is 131 cm³/mol. The molecular weight excluding hydrogens is 446 g/mol. The fraction of sp³-hybridized carbons (Fsp3) is 0.111. The second-order valence-electron chi connectivity index (χ2n) is 7.90. The highest BCUT2D eigenvalue weighted by Crippen LogP contribution is 2.32. The zero-order chi connectivity index (χ0) is 24.2. The fourth-order valence-corrected chi connectivity index (χ4v) is 3.79. The van der Waals surface area contributed by atoms with Crippen molar-refractivity contribution in [2.24, 2.45) is 0 Å². The molecule has 0 bridgehead atoms. The Kier molecular flexibility index (Phi) is 6.09. The lowest BCUT2D eigenvalue weighted by Gasteiger charge is -2.12. The Balaban J connectivity index is 1.42. The maximum atomic E-state index is 13.2. The Bertz CT molecular complexity index is 1430. The van der Waals surface area contributed by atoms with Gasteiger partial charge in [-0.05, 0) is 54.1 Å². The summed E-state index contributed by atoms with van der Waals surface area (Å²) in [5, 5.41) is 6.50. The molecule has 3 aromatic carbocycles. The van der Waals surface area contributed by atoms with E-state index in [0.29, 0.717) is 22.8 Å².